The minimum absolute atomic E-state index is 0.549. The Morgan fingerprint density at radius 1 is 0.850 bits per heavy atom. The maximum absolute atomic E-state index is 5.33. The molecule has 1 aromatic heterocycles. The molecule has 0 saturated heterocycles. The highest BCUT2D eigenvalue weighted by Gasteiger charge is 2.02. The molecule has 1 aromatic carbocycles. The highest BCUT2D eigenvalue weighted by atomic mass is 32.1. The van der Waals surface area contributed by atoms with Crippen molar-refractivity contribution in [3.8, 4) is 0 Å². The van der Waals surface area contributed by atoms with Crippen LogP contribution in [-0.4, -0.2) is 10.1 Å². The van der Waals surface area contributed by atoms with Gasteiger partial charge in [0.25, 0.3) is 0 Å². The largest absolute Gasteiger partial charge is 0.332 e. The van der Waals surface area contributed by atoms with Crippen LogP contribution in [0.2, 0.25) is 0 Å². The summed E-state index contributed by atoms with van der Waals surface area (Å²) in [6, 6.07) is 10.3. The first-order chi connectivity index (χ1) is 9.42. The maximum atomic E-state index is 5.33. The van der Waals surface area contributed by atoms with E-state index in [2.05, 4.69) is 47.7 Å². The van der Waals surface area contributed by atoms with E-state index in [1.165, 1.54) is 11.1 Å². The Kier molecular flexibility index (Phi) is 4.35. The van der Waals surface area contributed by atoms with Crippen LogP contribution in [0.4, 0.5) is 11.5 Å². The molecule has 2 rings (SSSR count). The molecular formula is C16H19N3S. The molecule has 0 fully saturated rings. The summed E-state index contributed by atoms with van der Waals surface area (Å²) in [5, 5.41) is 6.86. The average Bonchev–Trinajstić information content (AvgIpc) is 2.24. The monoisotopic (exact) mass is 285 g/mol. The second-order valence-electron chi connectivity index (χ2n) is 5.13. The number of pyridine rings is 1. The molecule has 0 aliphatic rings. The van der Waals surface area contributed by atoms with Gasteiger partial charge < -0.3 is 10.6 Å². The number of hydrogen-bond acceptors (Lipinski definition) is 2. The molecule has 0 bridgehead atoms. The lowest BCUT2D eigenvalue weighted by molar-refractivity contribution is 1.18. The van der Waals surface area contributed by atoms with Crippen LogP contribution >= 0.6 is 12.2 Å². The van der Waals surface area contributed by atoms with Crippen LogP contribution in [0.5, 0.6) is 0 Å². The Labute approximate surface area is 125 Å². The standard InChI is InChI=1S/C16H19N3S/c1-10-5-11(2)8-14(7-10)18-16(20)19-15-9-12(3)6-13(4)17-15/h5-9H,1-4H3,(H2,17,18,19,20). The average molecular weight is 285 g/mol. The minimum atomic E-state index is 0.549. The number of nitrogens with zero attached hydrogens (tertiary/aromatic N) is 1. The van der Waals surface area contributed by atoms with Gasteiger partial charge >= 0.3 is 0 Å². The molecule has 0 spiro atoms. The van der Waals surface area contributed by atoms with Crippen molar-refractivity contribution in [3.05, 3.63) is 52.7 Å². The predicted octanol–water partition coefficient (Wildman–Crippen LogP) is 4.12. The molecule has 0 unspecified atom stereocenters. The quantitative estimate of drug-likeness (QED) is 0.814. The number of nitrogens with one attached hydrogen (secondary N) is 2. The van der Waals surface area contributed by atoms with Gasteiger partial charge in [-0.05, 0) is 80.9 Å². The van der Waals surface area contributed by atoms with E-state index in [4.69, 9.17) is 12.2 Å². The van der Waals surface area contributed by atoms with Gasteiger partial charge in [0.2, 0.25) is 0 Å². The van der Waals surface area contributed by atoms with Gasteiger partial charge in [-0.2, -0.15) is 0 Å². The van der Waals surface area contributed by atoms with Gasteiger partial charge in [-0.25, -0.2) is 4.98 Å². The zero-order chi connectivity index (χ0) is 14.7. The van der Waals surface area contributed by atoms with E-state index < -0.39 is 0 Å². The molecule has 104 valence electrons. The van der Waals surface area contributed by atoms with Crippen molar-refractivity contribution in [2.45, 2.75) is 27.7 Å². The van der Waals surface area contributed by atoms with Crippen molar-refractivity contribution in [3.63, 3.8) is 0 Å². The number of anilines is 2. The van der Waals surface area contributed by atoms with Gasteiger partial charge in [-0.3, -0.25) is 0 Å². The zero-order valence-electron chi connectivity index (χ0n) is 12.2. The van der Waals surface area contributed by atoms with Gasteiger partial charge in [0.1, 0.15) is 5.82 Å². The van der Waals surface area contributed by atoms with Crippen molar-refractivity contribution in [2.24, 2.45) is 0 Å². The Morgan fingerprint density at radius 3 is 2.05 bits per heavy atom. The fraction of sp³-hybridized carbons (Fsp3) is 0.250. The summed E-state index contributed by atoms with van der Waals surface area (Å²) in [6.07, 6.45) is 0. The Balaban J connectivity index is 2.08. The van der Waals surface area contributed by atoms with Crippen LogP contribution in [0.1, 0.15) is 22.4 Å². The van der Waals surface area contributed by atoms with Crippen molar-refractivity contribution in [1.29, 1.82) is 0 Å². The topological polar surface area (TPSA) is 37.0 Å². The minimum Gasteiger partial charge on any atom is -0.332 e. The predicted molar refractivity (Wildman–Crippen MR) is 89.5 cm³/mol. The van der Waals surface area contributed by atoms with Gasteiger partial charge in [0.15, 0.2) is 5.11 Å². The van der Waals surface area contributed by atoms with Gasteiger partial charge in [-0.15, -0.1) is 0 Å². The third kappa shape index (κ3) is 4.03. The van der Waals surface area contributed by atoms with Crippen LogP contribution in [0, 0.1) is 27.7 Å². The first kappa shape index (κ1) is 14.5. The summed E-state index contributed by atoms with van der Waals surface area (Å²) >= 11 is 5.33. The summed E-state index contributed by atoms with van der Waals surface area (Å²) in [5.41, 5.74) is 5.54. The highest BCUT2D eigenvalue weighted by molar-refractivity contribution is 7.80. The smallest absolute Gasteiger partial charge is 0.176 e. The van der Waals surface area contributed by atoms with Gasteiger partial charge in [-0.1, -0.05) is 6.07 Å². The number of thiocarbonyl (C=S) groups is 1. The lowest BCUT2D eigenvalue weighted by Crippen LogP contribution is -2.20. The summed E-state index contributed by atoms with van der Waals surface area (Å²) in [4.78, 5) is 4.41. The molecule has 0 radical (unpaired) electrons. The van der Waals surface area contributed by atoms with E-state index in [1.54, 1.807) is 0 Å². The molecular weight excluding hydrogens is 266 g/mol. The summed E-state index contributed by atoms with van der Waals surface area (Å²) in [5.74, 6) is 0.768. The van der Waals surface area contributed by atoms with E-state index in [1.807, 2.05) is 26.0 Å². The first-order valence-corrected chi connectivity index (χ1v) is 6.95. The molecule has 0 atom stereocenters. The lowest BCUT2D eigenvalue weighted by Gasteiger charge is -2.12. The second kappa shape index (κ2) is 6.01. The van der Waals surface area contributed by atoms with E-state index in [-0.39, 0.29) is 0 Å². The molecule has 20 heavy (non-hydrogen) atoms. The number of aryl methyl sites for hydroxylation is 4. The number of hydrogen-bond donors (Lipinski definition) is 2. The number of rotatable bonds is 2. The molecule has 0 saturated carbocycles. The van der Waals surface area contributed by atoms with Crippen LogP contribution in [-0.2, 0) is 0 Å². The van der Waals surface area contributed by atoms with E-state index >= 15 is 0 Å². The molecule has 0 amide bonds. The Bertz CT molecular complexity index is 554. The molecule has 3 nitrogen and oxygen atoms in total. The fourth-order valence-corrected chi connectivity index (χ4v) is 2.45. The van der Waals surface area contributed by atoms with E-state index in [0.717, 1.165) is 22.8 Å². The first-order valence-electron chi connectivity index (χ1n) is 6.54. The van der Waals surface area contributed by atoms with E-state index in [9.17, 15) is 0 Å². The molecule has 2 N–H and O–H groups in total. The lowest BCUT2D eigenvalue weighted by atomic mass is 10.1. The number of benzene rings is 1. The SMILES string of the molecule is Cc1cc(C)cc(NC(=S)Nc2cc(C)cc(C)n2)c1. The van der Waals surface area contributed by atoms with E-state index in [0.29, 0.717) is 5.11 Å². The number of aromatic nitrogens is 1. The van der Waals surface area contributed by atoms with Gasteiger partial charge in [0, 0.05) is 11.4 Å². The zero-order valence-corrected chi connectivity index (χ0v) is 13.1. The molecule has 1 heterocycles. The second-order valence-corrected chi connectivity index (χ2v) is 5.53. The molecule has 0 aliphatic heterocycles. The normalized spacial score (nSPS) is 10.2. The third-order valence-corrected chi connectivity index (χ3v) is 3.02. The van der Waals surface area contributed by atoms with Crippen LogP contribution in [0.25, 0.3) is 0 Å². The molecule has 2 aromatic rings. The summed E-state index contributed by atoms with van der Waals surface area (Å²) in [7, 11) is 0. The van der Waals surface area contributed by atoms with Crippen LogP contribution in [0.3, 0.4) is 0 Å². The molecule has 4 heteroatoms. The van der Waals surface area contributed by atoms with Crippen LogP contribution < -0.4 is 10.6 Å². The molecule has 0 aliphatic carbocycles. The Hall–Kier alpha value is -1.94. The Morgan fingerprint density at radius 2 is 1.45 bits per heavy atom. The summed E-state index contributed by atoms with van der Waals surface area (Å²) < 4.78 is 0. The maximum Gasteiger partial charge on any atom is 0.176 e. The van der Waals surface area contributed by atoms with Crippen molar-refractivity contribution < 1.29 is 0 Å². The highest BCUT2D eigenvalue weighted by Crippen LogP contribution is 2.15. The van der Waals surface area contributed by atoms with Crippen molar-refractivity contribution >= 4 is 28.8 Å². The van der Waals surface area contributed by atoms with Gasteiger partial charge in [0.05, 0.1) is 0 Å². The van der Waals surface area contributed by atoms with Crippen LogP contribution in [0.15, 0.2) is 30.3 Å². The van der Waals surface area contributed by atoms with Crippen molar-refractivity contribution in [2.75, 3.05) is 10.6 Å². The third-order valence-electron chi connectivity index (χ3n) is 2.82. The summed E-state index contributed by atoms with van der Waals surface area (Å²) in [6.45, 7) is 8.15. The fourth-order valence-electron chi connectivity index (χ4n) is 2.23. The van der Waals surface area contributed by atoms with Crippen molar-refractivity contribution in [1.82, 2.24) is 4.98 Å².